The average Bonchev–Trinajstić information content (AvgIpc) is 1.63. The Morgan fingerprint density at radius 2 is 1.00 bits per heavy atom. The molecule has 0 aromatic rings. The summed E-state index contributed by atoms with van der Waals surface area (Å²) in [5.74, 6) is -5.45. The SMILES string of the molecule is CC(=O)[O-].O=C([O-])C(=O)[O-].[Cr+3]. The van der Waals surface area contributed by atoms with Crippen molar-refractivity contribution in [2.45, 2.75) is 6.92 Å². The first-order chi connectivity index (χ1) is 4.37. The van der Waals surface area contributed by atoms with E-state index in [1.165, 1.54) is 0 Å². The Labute approximate surface area is 72.6 Å². The summed E-state index contributed by atoms with van der Waals surface area (Å²) in [6, 6.07) is 0. The molecule has 61 valence electrons. The van der Waals surface area contributed by atoms with Crippen LogP contribution in [0, 0.1) is 0 Å². The molecule has 0 aliphatic carbocycles. The smallest absolute Gasteiger partial charge is 0.550 e. The van der Waals surface area contributed by atoms with Gasteiger partial charge >= 0.3 is 17.4 Å². The summed E-state index contributed by atoms with van der Waals surface area (Å²) in [6.45, 7) is 0.972. The van der Waals surface area contributed by atoms with Crippen LogP contribution in [0.4, 0.5) is 0 Å². The number of carbonyl (C=O) groups is 3. The van der Waals surface area contributed by atoms with E-state index in [-0.39, 0.29) is 17.4 Å². The molecule has 0 unspecified atom stereocenters. The van der Waals surface area contributed by atoms with Crippen molar-refractivity contribution in [2.24, 2.45) is 0 Å². The molecule has 0 N–H and O–H groups in total. The molecule has 0 aliphatic heterocycles. The Morgan fingerprint density at radius 3 is 1.00 bits per heavy atom. The summed E-state index contributed by atoms with van der Waals surface area (Å²) in [5.41, 5.74) is 0. The Kier molecular flexibility index (Phi) is 13.4. The quantitative estimate of drug-likeness (QED) is 0.361. The van der Waals surface area contributed by atoms with Crippen molar-refractivity contribution in [2.75, 3.05) is 0 Å². The summed E-state index contributed by atoms with van der Waals surface area (Å²) in [7, 11) is 0. The molecule has 11 heavy (non-hydrogen) atoms. The third-order valence-electron chi connectivity index (χ3n) is 0.167. The summed E-state index contributed by atoms with van der Waals surface area (Å²) >= 11 is 0. The van der Waals surface area contributed by atoms with Crippen LogP contribution in [0.25, 0.3) is 0 Å². The van der Waals surface area contributed by atoms with Gasteiger partial charge in [-0.1, -0.05) is 0 Å². The second kappa shape index (κ2) is 8.94. The molecule has 0 saturated heterocycles. The van der Waals surface area contributed by atoms with Crippen LogP contribution in [-0.4, -0.2) is 17.9 Å². The molecule has 7 heteroatoms. The van der Waals surface area contributed by atoms with E-state index < -0.39 is 17.9 Å². The fraction of sp³-hybridized carbons (Fsp3) is 0.250. The molecule has 0 aliphatic rings. The van der Waals surface area contributed by atoms with Gasteiger partial charge in [0.25, 0.3) is 0 Å². The molecule has 0 aromatic carbocycles. The van der Waals surface area contributed by atoms with Crippen molar-refractivity contribution in [3.63, 3.8) is 0 Å². The molecule has 6 nitrogen and oxygen atoms in total. The predicted molar refractivity (Wildman–Crippen MR) is 20.7 cm³/mol. The van der Waals surface area contributed by atoms with E-state index in [4.69, 9.17) is 29.7 Å². The van der Waals surface area contributed by atoms with Gasteiger partial charge in [0, 0.05) is 5.97 Å². The maximum atomic E-state index is 8.93. The number of carbonyl (C=O) groups excluding carboxylic acids is 3. The van der Waals surface area contributed by atoms with Gasteiger partial charge in [-0.3, -0.25) is 0 Å². The first-order valence-electron chi connectivity index (χ1n) is 1.97. The molecule has 0 rings (SSSR count). The molecule has 0 saturated carbocycles. The van der Waals surface area contributed by atoms with Crippen LogP contribution in [0.15, 0.2) is 0 Å². The second-order valence-electron chi connectivity index (χ2n) is 1.07. The number of hydrogen-bond acceptors (Lipinski definition) is 6. The first-order valence-corrected chi connectivity index (χ1v) is 1.97. The third kappa shape index (κ3) is 49.8. The van der Waals surface area contributed by atoms with Crippen molar-refractivity contribution in [3.8, 4) is 0 Å². The summed E-state index contributed by atoms with van der Waals surface area (Å²) in [4.78, 5) is 26.7. The number of hydrogen-bond donors (Lipinski definition) is 0. The van der Waals surface area contributed by atoms with Crippen molar-refractivity contribution in [1.82, 2.24) is 0 Å². The Balaban J connectivity index is -0.000000114. The molecule has 0 fully saturated rings. The van der Waals surface area contributed by atoms with Crippen LogP contribution in [0.5, 0.6) is 0 Å². The zero-order valence-electron chi connectivity index (χ0n) is 5.36. The third-order valence-corrected chi connectivity index (χ3v) is 0.167. The maximum absolute atomic E-state index is 8.93. The van der Waals surface area contributed by atoms with Crippen LogP contribution in [0.3, 0.4) is 0 Å². The van der Waals surface area contributed by atoms with E-state index in [2.05, 4.69) is 0 Å². The molecule has 0 aromatic heterocycles. The van der Waals surface area contributed by atoms with E-state index in [9.17, 15) is 0 Å². The first kappa shape index (κ1) is 16.5. The minimum Gasteiger partial charge on any atom is -0.550 e. The topological polar surface area (TPSA) is 120 Å². The zero-order chi connectivity index (χ0) is 8.73. The molecule has 0 atom stereocenters. The van der Waals surface area contributed by atoms with E-state index in [1.807, 2.05) is 0 Å². The van der Waals surface area contributed by atoms with Gasteiger partial charge in [0.15, 0.2) is 0 Å². The average molecular weight is 199 g/mol. The summed E-state index contributed by atoms with van der Waals surface area (Å²) in [5, 5.41) is 26.7. The van der Waals surface area contributed by atoms with Gasteiger partial charge in [0.2, 0.25) is 0 Å². The van der Waals surface area contributed by atoms with Crippen LogP contribution < -0.4 is 15.3 Å². The monoisotopic (exact) mass is 199 g/mol. The van der Waals surface area contributed by atoms with E-state index in [0.29, 0.717) is 0 Å². The molecule has 0 spiro atoms. The number of carboxylic acid groups (broad SMARTS) is 3. The van der Waals surface area contributed by atoms with E-state index >= 15 is 0 Å². The Morgan fingerprint density at radius 1 is 0.909 bits per heavy atom. The van der Waals surface area contributed by atoms with Gasteiger partial charge in [-0.2, -0.15) is 0 Å². The van der Waals surface area contributed by atoms with E-state index in [0.717, 1.165) is 6.92 Å². The number of aliphatic carboxylic acids is 3. The predicted octanol–water partition coefficient (Wildman–Crippen LogP) is -4.76. The second-order valence-corrected chi connectivity index (χ2v) is 1.07. The van der Waals surface area contributed by atoms with Crippen molar-refractivity contribution in [1.29, 1.82) is 0 Å². The van der Waals surface area contributed by atoms with Gasteiger partial charge in [-0.05, 0) is 6.92 Å². The fourth-order valence-electron chi connectivity index (χ4n) is 0. The fourth-order valence-corrected chi connectivity index (χ4v) is 0. The van der Waals surface area contributed by atoms with Crippen molar-refractivity contribution < 1.29 is 47.1 Å². The minimum atomic E-state index is -2.19. The van der Waals surface area contributed by atoms with Gasteiger partial charge in [0.05, 0.1) is 11.9 Å². The van der Waals surface area contributed by atoms with Gasteiger partial charge in [-0.15, -0.1) is 0 Å². The molecule has 0 heterocycles. The van der Waals surface area contributed by atoms with Gasteiger partial charge in [-0.25, -0.2) is 0 Å². The maximum Gasteiger partial charge on any atom is 3.00 e. The van der Waals surface area contributed by atoms with Crippen molar-refractivity contribution in [3.05, 3.63) is 0 Å². The zero-order valence-corrected chi connectivity index (χ0v) is 6.63. The normalized spacial score (nSPS) is 6.27. The van der Waals surface area contributed by atoms with Gasteiger partial charge in [0.1, 0.15) is 0 Å². The molecule has 1 radical (unpaired) electrons. The largest absolute Gasteiger partial charge is 3.00 e. The Hall–Kier alpha value is -1.06. The molecule has 0 bridgehead atoms. The number of carboxylic acids is 3. The van der Waals surface area contributed by atoms with Crippen molar-refractivity contribution >= 4 is 17.9 Å². The standard InChI is InChI=1S/C2H2O4.C2H4O2.Cr/c3-1(4)2(5)6;1-2(3)4;/h(H,3,4)(H,5,6);1H3,(H,3,4);/q;;+3/p-3. The molecular weight excluding hydrogens is 196 g/mol. The van der Waals surface area contributed by atoms with Crippen LogP contribution >= 0.6 is 0 Å². The van der Waals surface area contributed by atoms with Crippen LogP contribution in [0.1, 0.15) is 6.92 Å². The van der Waals surface area contributed by atoms with Crippen LogP contribution in [-0.2, 0) is 31.7 Å². The van der Waals surface area contributed by atoms with Crippen LogP contribution in [0.2, 0.25) is 0 Å². The van der Waals surface area contributed by atoms with Gasteiger partial charge < -0.3 is 29.7 Å². The summed E-state index contributed by atoms with van der Waals surface area (Å²) in [6.07, 6.45) is 0. The minimum absolute atomic E-state index is 0. The Bertz CT molecular complexity index is 137. The number of rotatable bonds is 0. The molecule has 0 amide bonds. The van der Waals surface area contributed by atoms with E-state index in [1.54, 1.807) is 0 Å². The molecular formula is C4H3CrO6. The summed E-state index contributed by atoms with van der Waals surface area (Å²) < 4.78 is 0.